The Morgan fingerprint density at radius 2 is 2.15 bits per heavy atom. The lowest BCUT2D eigenvalue weighted by Gasteiger charge is -2.05. The smallest absolute Gasteiger partial charge is 0.341 e. The summed E-state index contributed by atoms with van der Waals surface area (Å²) in [7, 11) is 1.37. The molecule has 1 heterocycles. The van der Waals surface area contributed by atoms with E-state index in [1.165, 1.54) is 7.11 Å². The highest BCUT2D eigenvalue weighted by atomic mass is 16.5. The third kappa shape index (κ3) is 2.82. The average molecular weight is 274 g/mol. The van der Waals surface area contributed by atoms with Crippen molar-refractivity contribution in [3.63, 3.8) is 0 Å². The highest BCUT2D eigenvalue weighted by molar-refractivity contribution is 5.90. The topological polar surface area (TPSA) is 53.4 Å². The quantitative estimate of drug-likeness (QED) is 0.786. The summed E-state index contributed by atoms with van der Waals surface area (Å²) in [6, 6.07) is 7.58. The first-order valence-electron chi connectivity index (χ1n) is 6.59. The summed E-state index contributed by atoms with van der Waals surface area (Å²) in [5.41, 5.74) is 2.07. The zero-order chi connectivity index (χ0) is 14.5. The van der Waals surface area contributed by atoms with Crippen molar-refractivity contribution in [2.24, 2.45) is 0 Å². The van der Waals surface area contributed by atoms with Crippen LogP contribution < -0.4 is 4.74 Å². The van der Waals surface area contributed by atoms with Crippen molar-refractivity contribution in [2.45, 2.75) is 20.3 Å². The van der Waals surface area contributed by atoms with Crippen molar-refractivity contribution in [3.05, 3.63) is 41.7 Å². The van der Waals surface area contributed by atoms with Crippen LogP contribution in [-0.2, 0) is 11.2 Å². The Bertz CT molecular complexity index is 605. The molecule has 5 heteroatoms. The van der Waals surface area contributed by atoms with Gasteiger partial charge >= 0.3 is 5.97 Å². The lowest BCUT2D eigenvalue weighted by atomic mass is 10.2. The Labute approximate surface area is 118 Å². The molecule has 2 aromatic rings. The van der Waals surface area contributed by atoms with Gasteiger partial charge in [0.25, 0.3) is 0 Å². The predicted octanol–water partition coefficient (Wildman–Crippen LogP) is 2.62. The third-order valence-electron chi connectivity index (χ3n) is 2.92. The standard InChI is InChI=1S/C15H18N2O3/c1-4-14-13(15(18)19-3)10-17(16-14)11-7-6-8-12(9-11)20-5-2/h6-10H,4-5H2,1-3H3. The van der Waals surface area contributed by atoms with Crippen LogP contribution in [0.15, 0.2) is 30.5 Å². The highest BCUT2D eigenvalue weighted by Gasteiger charge is 2.16. The summed E-state index contributed by atoms with van der Waals surface area (Å²) in [6.07, 6.45) is 2.36. The van der Waals surface area contributed by atoms with Gasteiger partial charge in [0.2, 0.25) is 0 Å². The number of aromatic nitrogens is 2. The van der Waals surface area contributed by atoms with Crippen LogP contribution in [-0.4, -0.2) is 29.5 Å². The number of esters is 1. The van der Waals surface area contributed by atoms with Gasteiger partial charge in [0.15, 0.2) is 0 Å². The molecule has 0 radical (unpaired) electrons. The van der Waals surface area contributed by atoms with E-state index in [0.717, 1.165) is 17.1 Å². The largest absolute Gasteiger partial charge is 0.494 e. The molecule has 0 aliphatic rings. The van der Waals surface area contributed by atoms with Crippen LogP contribution in [0.1, 0.15) is 29.9 Å². The summed E-state index contributed by atoms with van der Waals surface area (Å²) in [6.45, 7) is 4.50. The van der Waals surface area contributed by atoms with Gasteiger partial charge in [-0.1, -0.05) is 13.0 Å². The Hall–Kier alpha value is -2.30. The molecular weight excluding hydrogens is 256 g/mol. The first-order valence-corrected chi connectivity index (χ1v) is 6.59. The van der Waals surface area contributed by atoms with Gasteiger partial charge in [0.1, 0.15) is 11.3 Å². The van der Waals surface area contributed by atoms with Crippen molar-refractivity contribution < 1.29 is 14.3 Å². The summed E-state index contributed by atoms with van der Waals surface area (Å²) >= 11 is 0. The maximum atomic E-state index is 11.7. The van der Waals surface area contributed by atoms with Crippen LogP contribution in [0.2, 0.25) is 0 Å². The van der Waals surface area contributed by atoms with Crippen LogP contribution in [0.4, 0.5) is 0 Å². The molecule has 0 bridgehead atoms. The molecule has 0 N–H and O–H groups in total. The zero-order valence-corrected chi connectivity index (χ0v) is 11.9. The number of rotatable bonds is 5. The number of nitrogens with zero attached hydrogens (tertiary/aromatic N) is 2. The highest BCUT2D eigenvalue weighted by Crippen LogP contribution is 2.19. The van der Waals surface area contributed by atoms with E-state index >= 15 is 0 Å². The molecule has 0 saturated heterocycles. The number of ether oxygens (including phenoxy) is 2. The number of carbonyl (C=O) groups excluding carboxylic acids is 1. The normalized spacial score (nSPS) is 10.3. The van der Waals surface area contributed by atoms with E-state index in [0.29, 0.717) is 18.6 Å². The summed E-state index contributed by atoms with van der Waals surface area (Å²) < 4.78 is 11.9. The van der Waals surface area contributed by atoms with E-state index in [1.54, 1.807) is 10.9 Å². The van der Waals surface area contributed by atoms with Crippen LogP contribution in [0, 0.1) is 0 Å². The van der Waals surface area contributed by atoms with E-state index in [4.69, 9.17) is 9.47 Å². The summed E-state index contributed by atoms with van der Waals surface area (Å²) in [5, 5.41) is 4.43. The number of methoxy groups -OCH3 is 1. The molecule has 0 aliphatic heterocycles. The minimum Gasteiger partial charge on any atom is -0.494 e. The van der Waals surface area contributed by atoms with Gasteiger partial charge in [0, 0.05) is 12.3 Å². The van der Waals surface area contributed by atoms with Crippen LogP contribution in [0.3, 0.4) is 0 Å². The lowest BCUT2D eigenvalue weighted by molar-refractivity contribution is 0.0599. The second-order valence-electron chi connectivity index (χ2n) is 4.21. The molecule has 106 valence electrons. The van der Waals surface area contributed by atoms with Gasteiger partial charge in [-0.15, -0.1) is 0 Å². The van der Waals surface area contributed by atoms with Gasteiger partial charge < -0.3 is 9.47 Å². The average Bonchev–Trinajstić information content (AvgIpc) is 2.91. The van der Waals surface area contributed by atoms with E-state index in [2.05, 4.69) is 5.10 Å². The molecule has 0 fully saturated rings. The number of hydrogen-bond donors (Lipinski definition) is 0. The summed E-state index contributed by atoms with van der Waals surface area (Å²) in [4.78, 5) is 11.7. The lowest BCUT2D eigenvalue weighted by Crippen LogP contribution is -2.02. The minimum absolute atomic E-state index is 0.367. The second kappa shape index (κ2) is 6.23. The second-order valence-corrected chi connectivity index (χ2v) is 4.21. The molecule has 0 saturated carbocycles. The Morgan fingerprint density at radius 3 is 2.80 bits per heavy atom. The molecule has 20 heavy (non-hydrogen) atoms. The Kier molecular flexibility index (Phi) is 4.40. The fourth-order valence-electron chi connectivity index (χ4n) is 1.97. The van der Waals surface area contributed by atoms with E-state index < -0.39 is 0 Å². The van der Waals surface area contributed by atoms with Crippen LogP contribution >= 0.6 is 0 Å². The Balaban J connectivity index is 2.40. The van der Waals surface area contributed by atoms with Crippen LogP contribution in [0.5, 0.6) is 5.75 Å². The molecule has 0 spiro atoms. The molecule has 1 aromatic heterocycles. The van der Waals surface area contributed by atoms with Crippen molar-refractivity contribution in [3.8, 4) is 11.4 Å². The fourth-order valence-corrected chi connectivity index (χ4v) is 1.97. The monoisotopic (exact) mass is 274 g/mol. The van der Waals surface area contributed by atoms with Crippen molar-refractivity contribution in [1.82, 2.24) is 9.78 Å². The SMILES string of the molecule is CCOc1cccc(-n2cc(C(=O)OC)c(CC)n2)c1. The molecule has 5 nitrogen and oxygen atoms in total. The molecule has 0 atom stereocenters. The van der Waals surface area contributed by atoms with Gasteiger partial charge in [-0.05, 0) is 25.5 Å². The molecule has 0 amide bonds. The fraction of sp³-hybridized carbons (Fsp3) is 0.333. The van der Waals surface area contributed by atoms with E-state index in [9.17, 15) is 4.79 Å². The number of benzene rings is 1. The van der Waals surface area contributed by atoms with Crippen molar-refractivity contribution >= 4 is 5.97 Å². The number of hydrogen-bond acceptors (Lipinski definition) is 4. The number of aryl methyl sites for hydroxylation is 1. The predicted molar refractivity (Wildman–Crippen MR) is 75.5 cm³/mol. The molecular formula is C15H18N2O3. The number of carbonyl (C=O) groups is 1. The van der Waals surface area contributed by atoms with E-state index in [1.807, 2.05) is 38.1 Å². The maximum Gasteiger partial charge on any atom is 0.341 e. The molecule has 2 rings (SSSR count). The maximum absolute atomic E-state index is 11.7. The first kappa shape index (κ1) is 14.1. The summed E-state index contributed by atoms with van der Waals surface area (Å²) in [5.74, 6) is 0.409. The molecule has 1 aromatic carbocycles. The van der Waals surface area contributed by atoms with Crippen molar-refractivity contribution in [2.75, 3.05) is 13.7 Å². The molecule has 0 aliphatic carbocycles. The van der Waals surface area contributed by atoms with E-state index in [-0.39, 0.29) is 5.97 Å². The van der Waals surface area contributed by atoms with Gasteiger partial charge in [-0.25, -0.2) is 9.48 Å². The van der Waals surface area contributed by atoms with Gasteiger partial charge in [0.05, 0.1) is 25.1 Å². The zero-order valence-electron chi connectivity index (χ0n) is 11.9. The van der Waals surface area contributed by atoms with Gasteiger partial charge in [-0.2, -0.15) is 5.10 Å². The third-order valence-corrected chi connectivity index (χ3v) is 2.92. The first-order chi connectivity index (χ1) is 9.69. The van der Waals surface area contributed by atoms with Gasteiger partial charge in [-0.3, -0.25) is 0 Å². The molecule has 0 unspecified atom stereocenters. The Morgan fingerprint density at radius 1 is 1.35 bits per heavy atom. The minimum atomic E-state index is -0.367. The van der Waals surface area contributed by atoms with Crippen molar-refractivity contribution in [1.29, 1.82) is 0 Å². The van der Waals surface area contributed by atoms with Crippen LogP contribution in [0.25, 0.3) is 5.69 Å².